The first-order valence-corrected chi connectivity index (χ1v) is 3.65. The number of hydrogen-bond donors (Lipinski definition) is 1. The van der Waals surface area contributed by atoms with Crippen molar-refractivity contribution in [1.29, 1.82) is 0 Å². The maximum Gasteiger partial charge on any atom is 0.194 e. The molecule has 1 aromatic carbocycles. The molecule has 2 unspecified atom stereocenters. The third-order valence-electron chi connectivity index (χ3n) is 1.89. The molecule has 1 aromatic rings. The zero-order chi connectivity index (χ0) is 7.90. The summed E-state index contributed by atoms with van der Waals surface area (Å²) in [7, 11) is 0. The Balaban J connectivity index is 2.21. The zero-order valence-electron chi connectivity index (χ0n) is 6.32. The quantitative estimate of drug-likeness (QED) is 0.615. The van der Waals surface area contributed by atoms with Gasteiger partial charge in [0.25, 0.3) is 0 Å². The molecule has 1 fully saturated rings. The van der Waals surface area contributed by atoms with Crippen molar-refractivity contribution in [3.8, 4) is 0 Å². The highest BCUT2D eigenvalue weighted by Crippen LogP contribution is 2.46. The van der Waals surface area contributed by atoms with Gasteiger partial charge >= 0.3 is 0 Å². The van der Waals surface area contributed by atoms with Gasteiger partial charge in [0.05, 0.1) is 0 Å². The first-order valence-electron chi connectivity index (χ1n) is 3.65. The number of rotatable bonds is 1. The molecule has 11 heavy (non-hydrogen) atoms. The van der Waals surface area contributed by atoms with Crippen molar-refractivity contribution in [2.75, 3.05) is 0 Å². The van der Waals surface area contributed by atoms with E-state index in [4.69, 9.17) is 4.74 Å². The van der Waals surface area contributed by atoms with E-state index in [0.717, 1.165) is 5.56 Å². The number of epoxide rings is 1. The summed E-state index contributed by atoms with van der Waals surface area (Å²) < 4.78 is 5.05. The standard InChI is InChI=1S/C9H10O2/c1-9(10)8(11-9)7-5-3-2-4-6-7/h2-6,8,10H,1H3. The second-order valence-electron chi connectivity index (χ2n) is 2.96. The van der Waals surface area contributed by atoms with Crippen molar-refractivity contribution in [3.05, 3.63) is 35.9 Å². The first-order chi connectivity index (χ1) is 5.20. The Kier molecular flexibility index (Phi) is 1.28. The summed E-state index contributed by atoms with van der Waals surface area (Å²) in [6.45, 7) is 1.67. The van der Waals surface area contributed by atoms with Crippen LogP contribution in [-0.4, -0.2) is 10.9 Å². The van der Waals surface area contributed by atoms with Gasteiger partial charge in [-0.3, -0.25) is 0 Å². The van der Waals surface area contributed by atoms with E-state index >= 15 is 0 Å². The molecule has 2 heteroatoms. The molecule has 1 saturated heterocycles. The molecule has 2 nitrogen and oxygen atoms in total. The minimum absolute atomic E-state index is 0.122. The third-order valence-corrected chi connectivity index (χ3v) is 1.89. The van der Waals surface area contributed by atoms with Crippen molar-refractivity contribution < 1.29 is 9.84 Å². The van der Waals surface area contributed by atoms with E-state index in [0.29, 0.717) is 0 Å². The molecule has 0 bridgehead atoms. The van der Waals surface area contributed by atoms with Gasteiger partial charge < -0.3 is 9.84 Å². The Morgan fingerprint density at radius 1 is 1.36 bits per heavy atom. The monoisotopic (exact) mass is 150 g/mol. The molecule has 0 saturated carbocycles. The Hall–Kier alpha value is -0.860. The Labute approximate surface area is 65.4 Å². The van der Waals surface area contributed by atoms with Crippen LogP contribution in [0.4, 0.5) is 0 Å². The van der Waals surface area contributed by atoms with Crippen molar-refractivity contribution in [1.82, 2.24) is 0 Å². The molecule has 58 valence electrons. The number of aliphatic hydroxyl groups is 1. The van der Waals surface area contributed by atoms with Crippen LogP contribution < -0.4 is 0 Å². The van der Waals surface area contributed by atoms with Gasteiger partial charge in [0.1, 0.15) is 6.10 Å². The molecule has 2 atom stereocenters. The predicted molar refractivity (Wildman–Crippen MR) is 40.9 cm³/mol. The lowest BCUT2D eigenvalue weighted by Gasteiger charge is -1.95. The van der Waals surface area contributed by atoms with Gasteiger partial charge in [0, 0.05) is 0 Å². The summed E-state index contributed by atoms with van der Waals surface area (Å²) in [6.07, 6.45) is -0.122. The van der Waals surface area contributed by atoms with Crippen LogP contribution in [0, 0.1) is 0 Å². The number of ether oxygens (including phenoxy) is 1. The SMILES string of the molecule is CC1(O)OC1c1ccccc1. The van der Waals surface area contributed by atoms with Crippen LogP contribution in [0.5, 0.6) is 0 Å². The van der Waals surface area contributed by atoms with Crippen molar-refractivity contribution in [3.63, 3.8) is 0 Å². The van der Waals surface area contributed by atoms with E-state index in [9.17, 15) is 5.11 Å². The molecule has 0 aliphatic carbocycles. The van der Waals surface area contributed by atoms with Gasteiger partial charge in [0.2, 0.25) is 0 Å². The van der Waals surface area contributed by atoms with E-state index < -0.39 is 5.79 Å². The van der Waals surface area contributed by atoms with Gasteiger partial charge in [-0.2, -0.15) is 0 Å². The molecule has 1 N–H and O–H groups in total. The lowest BCUT2D eigenvalue weighted by molar-refractivity contribution is 0.0549. The normalized spacial score (nSPS) is 35.3. The molecule has 1 heterocycles. The van der Waals surface area contributed by atoms with Crippen LogP contribution >= 0.6 is 0 Å². The highest BCUT2D eigenvalue weighted by Gasteiger charge is 2.51. The predicted octanol–water partition coefficient (Wildman–Crippen LogP) is 1.47. The highest BCUT2D eigenvalue weighted by molar-refractivity contribution is 5.23. The topological polar surface area (TPSA) is 32.8 Å². The number of hydrogen-bond acceptors (Lipinski definition) is 2. The van der Waals surface area contributed by atoms with Gasteiger partial charge in [0.15, 0.2) is 5.79 Å². The Morgan fingerprint density at radius 3 is 2.36 bits per heavy atom. The van der Waals surface area contributed by atoms with Gasteiger partial charge in [-0.1, -0.05) is 30.3 Å². The fourth-order valence-electron chi connectivity index (χ4n) is 1.21. The zero-order valence-corrected chi connectivity index (χ0v) is 6.32. The van der Waals surface area contributed by atoms with E-state index in [-0.39, 0.29) is 6.10 Å². The molecule has 0 spiro atoms. The maximum atomic E-state index is 9.32. The van der Waals surface area contributed by atoms with E-state index in [1.54, 1.807) is 6.92 Å². The van der Waals surface area contributed by atoms with E-state index in [1.165, 1.54) is 0 Å². The van der Waals surface area contributed by atoms with Crippen LogP contribution in [0.3, 0.4) is 0 Å². The summed E-state index contributed by atoms with van der Waals surface area (Å²) in [4.78, 5) is 0. The molecule has 1 aliphatic rings. The van der Waals surface area contributed by atoms with E-state index in [2.05, 4.69) is 0 Å². The minimum Gasteiger partial charge on any atom is -0.363 e. The summed E-state index contributed by atoms with van der Waals surface area (Å²) in [5, 5.41) is 9.32. The van der Waals surface area contributed by atoms with Crippen molar-refractivity contribution in [2.24, 2.45) is 0 Å². The van der Waals surface area contributed by atoms with Crippen LogP contribution in [0.15, 0.2) is 30.3 Å². The van der Waals surface area contributed by atoms with Gasteiger partial charge in [-0.25, -0.2) is 0 Å². The first kappa shape index (κ1) is 6.83. The average Bonchev–Trinajstić information content (AvgIpc) is 2.62. The van der Waals surface area contributed by atoms with Crippen molar-refractivity contribution in [2.45, 2.75) is 18.8 Å². The fraction of sp³-hybridized carbons (Fsp3) is 0.333. The summed E-state index contributed by atoms with van der Waals surface area (Å²) in [6, 6.07) is 9.72. The summed E-state index contributed by atoms with van der Waals surface area (Å²) in [5.74, 6) is -0.929. The smallest absolute Gasteiger partial charge is 0.194 e. The van der Waals surface area contributed by atoms with Crippen LogP contribution in [0.1, 0.15) is 18.6 Å². The van der Waals surface area contributed by atoms with Crippen molar-refractivity contribution >= 4 is 0 Å². The second kappa shape index (κ2) is 2.06. The summed E-state index contributed by atoms with van der Waals surface area (Å²) in [5.41, 5.74) is 1.04. The van der Waals surface area contributed by atoms with Crippen LogP contribution in [0.2, 0.25) is 0 Å². The molecule has 2 rings (SSSR count). The highest BCUT2D eigenvalue weighted by atomic mass is 16.7. The van der Waals surface area contributed by atoms with Gasteiger partial charge in [-0.15, -0.1) is 0 Å². The van der Waals surface area contributed by atoms with Crippen LogP contribution in [-0.2, 0) is 4.74 Å². The fourth-order valence-corrected chi connectivity index (χ4v) is 1.21. The Morgan fingerprint density at radius 2 is 1.91 bits per heavy atom. The Bertz CT molecular complexity index is 254. The van der Waals surface area contributed by atoms with Crippen LogP contribution in [0.25, 0.3) is 0 Å². The van der Waals surface area contributed by atoms with Gasteiger partial charge in [-0.05, 0) is 12.5 Å². The molecule has 0 amide bonds. The number of benzene rings is 1. The minimum atomic E-state index is -0.929. The average molecular weight is 150 g/mol. The maximum absolute atomic E-state index is 9.32. The molecular formula is C9H10O2. The van der Waals surface area contributed by atoms with E-state index in [1.807, 2.05) is 30.3 Å². The molecular weight excluding hydrogens is 140 g/mol. The largest absolute Gasteiger partial charge is 0.363 e. The molecule has 0 radical (unpaired) electrons. The lowest BCUT2D eigenvalue weighted by atomic mass is 10.1. The summed E-state index contributed by atoms with van der Waals surface area (Å²) >= 11 is 0. The third kappa shape index (κ3) is 1.15. The lowest BCUT2D eigenvalue weighted by Crippen LogP contribution is -2.02. The second-order valence-corrected chi connectivity index (χ2v) is 2.96. The molecule has 1 aliphatic heterocycles. The molecule has 0 aromatic heterocycles.